The molecule has 0 aromatic carbocycles. The third kappa shape index (κ3) is 2.69. The standard InChI is InChI=1S/C8H10ClN3O3/c1-12(3-5(13)15-2)7-6(9)8(14)11-4-10-7/h4H,3H2,1-2H3,(H,10,11,14). The van der Waals surface area contributed by atoms with E-state index in [1.54, 1.807) is 7.05 Å². The van der Waals surface area contributed by atoms with Gasteiger partial charge in [0.15, 0.2) is 5.82 Å². The lowest BCUT2D eigenvalue weighted by Gasteiger charge is -2.16. The number of likely N-dealkylation sites (N-methyl/N-ethyl adjacent to an activating group) is 1. The van der Waals surface area contributed by atoms with Crippen LogP contribution in [0.4, 0.5) is 5.82 Å². The van der Waals surface area contributed by atoms with Gasteiger partial charge in [-0.1, -0.05) is 11.6 Å². The Hall–Kier alpha value is -1.56. The molecule has 1 aromatic heterocycles. The predicted octanol–water partition coefficient (Wildman–Crippen LogP) is 0.0325. The minimum Gasteiger partial charge on any atom is -0.468 e. The van der Waals surface area contributed by atoms with Gasteiger partial charge in [-0.05, 0) is 0 Å². The van der Waals surface area contributed by atoms with Crippen LogP contribution in [0.25, 0.3) is 0 Å². The van der Waals surface area contributed by atoms with Gasteiger partial charge in [0.25, 0.3) is 5.56 Å². The summed E-state index contributed by atoms with van der Waals surface area (Å²) in [5.41, 5.74) is -0.446. The fourth-order valence-corrected chi connectivity index (χ4v) is 1.22. The van der Waals surface area contributed by atoms with Gasteiger partial charge in [0.05, 0.1) is 13.4 Å². The normalized spacial score (nSPS) is 9.80. The Morgan fingerprint density at radius 1 is 1.73 bits per heavy atom. The second-order valence-electron chi connectivity index (χ2n) is 2.80. The second-order valence-corrected chi connectivity index (χ2v) is 3.18. The number of methoxy groups -OCH3 is 1. The number of nitrogens with zero attached hydrogens (tertiary/aromatic N) is 2. The SMILES string of the molecule is COC(=O)CN(C)c1nc[nH]c(=O)c1Cl. The maximum atomic E-state index is 11.1. The first-order valence-corrected chi connectivity index (χ1v) is 4.45. The van der Waals surface area contributed by atoms with Crippen molar-refractivity contribution in [3.8, 4) is 0 Å². The molecule has 0 aliphatic carbocycles. The maximum Gasteiger partial charge on any atom is 0.325 e. The van der Waals surface area contributed by atoms with E-state index in [1.165, 1.54) is 18.3 Å². The number of esters is 1. The molecule has 0 unspecified atom stereocenters. The van der Waals surface area contributed by atoms with Gasteiger partial charge in [0.2, 0.25) is 0 Å². The number of carbonyl (C=O) groups is 1. The summed E-state index contributed by atoms with van der Waals surface area (Å²) in [7, 11) is 2.87. The fourth-order valence-electron chi connectivity index (χ4n) is 0.973. The van der Waals surface area contributed by atoms with Crippen molar-refractivity contribution in [1.82, 2.24) is 9.97 Å². The average Bonchev–Trinajstić information content (AvgIpc) is 2.21. The Balaban J connectivity index is 2.91. The molecule has 0 aliphatic heterocycles. The molecule has 0 saturated carbocycles. The van der Waals surface area contributed by atoms with E-state index in [0.29, 0.717) is 0 Å². The Morgan fingerprint density at radius 2 is 2.40 bits per heavy atom. The van der Waals surface area contributed by atoms with Crippen LogP contribution in [-0.2, 0) is 9.53 Å². The number of hydrogen-bond acceptors (Lipinski definition) is 5. The van der Waals surface area contributed by atoms with Crippen molar-refractivity contribution in [3.63, 3.8) is 0 Å². The van der Waals surface area contributed by atoms with Crippen LogP contribution in [0.3, 0.4) is 0 Å². The number of anilines is 1. The topological polar surface area (TPSA) is 75.3 Å². The van der Waals surface area contributed by atoms with Crippen LogP contribution in [-0.4, -0.2) is 36.6 Å². The van der Waals surface area contributed by atoms with E-state index in [9.17, 15) is 9.59 Å². The van der Waals surface area contributed by atoms with E-state index in [1.807, 2.05) is 0 Å². The lowest BCUT2D eigenvalue weighted by atomic mass is 10.5. The van der Waals surface area contributed by atoms with Gasteiger partial charge in [-0.2, -0.15) is 0 Å². The molecular weight excluding hydrogens is 222 g/mol. The van der Waals surface area contributed by atoms with Gasteiger partial charge in [0.1, 0.15) is 11.6 Å². The van der Waals surface area contributed by atoms with Crippen LogP contribution in [0.2, 0.25) is 5.02 Å². The number of halogens is 1. The van der Waals surface area contributed by atoms with E-state index in [0.717, 1.165) is 0 Å². The Kier molecular flexibility index (Phi) is 3.68. The van der Waals surface area contributed by atoms with Crippen LogP contribution in [0.15, 0.2) is 11.1 Å². The zero-order valence-electron chi connectivity index (χ0n) is 8.28. The number of aromatic amines is 1. The van der Waals surface area contributed by atoms with Gasteiger partial charge >= 0.3 is 5.97 Å². The first-order valence-electron chi connectivity index (χ1n) is 4.07. The number of carbonyl (C=O) groups excluding carboxylic acids is 1. The highest BCUT2D eigenvalue weighted by molar-refractivity contribution is 6.32. The zero-order chi connectivity index (χ0) is 11.4. The Bertz CT molecular complexity index is 418. The van der Waals surface area contributed by atoms with Crippen molar-refractivity contribution in [3.05, 3.63) is 21.7 Å². The van der Waals surface area contributed by atoms with Crippen molar-refractivity contribution < 1.29 is 9.53 Å². The van der Waals surface area contributed by atoms with Crippen LogP contribution >= 0.6 is 11.6 Å². The predicted molar refractivity (Wildman–Crippen MR) is 55.2 cm³/mol. The van der Waals surface area contributed by atoms with Crippen LogP contribution in [0, 0.1) is 0 Å². The largest absolute Gasteiger partial charge is 0.468 e. The summed E-state index contributed by atoms with van der Waals surface area (Å²) in [6.45, 7) is -0.0212. The first-order chi connectivity index (χ1) is 7.06. The Labute approximate surface area is 90.8 Å². The molecule has 6 nitrogen and oxygen atoms in total. The number of nitrogens with one attached hydrogen (secondary N) is 1. The van der Waals surface area contributed by atoms with Gasteiger partial charge in [-0.15, -0.1) is 0 Å². The summed E-state index contributed by atoms with van der Waals surface area (Å²) >= 11 is 5.71. The minimum absolute atomic E-state index is 0.0212. The molecule has 0 radical (unpaired) electrons. The molecule has 7 heteroatoms. The number of ether oxygens (including phenoxy) is 1. The lowest BCUT2D eigenvalue weighted by molar-refractivity contribution is -0.138. The molecule has 0 fully saturated rings. The van der Waals surface area contributed by atoms with E-state index < -0.39 is 11.5 Å². The van der Waals surface area contributed by atoms with E-state index in [-0.39, 0.29) is 17.4 Å². The molecule has 0 aliphatic rings. The second kappa shape index (κ2) is 4.79. The highest BCUT2D eigenvalue weighted by atomic mass is 35.5. The first kappa shape index (κ1) is 11.5. The minimum atomic E-state index is -0.446. The molecule has 1 rings (SSSR count). The number of aromatic nitrogens is 2. The summed E-state index contributed by atoms with van der Waals surface area (Å²) in [6, 6.07) is 0. The van der Waals surface area contributed by atoms with Crippen LogP contribution in [0.1, 0.15) is 0 Å². The molecular formula is C8H10ClN3O3. The van der Waals surface area contributed by atoms with Crippen molar-refractivity contribution >= 4 is 23.4 Å². The molecule has 82 valence electrons. The highest BCUT2D eigenvalue weighted by Crippen LogP contribution is 2.15. The number of H-pyrrole nitrogens is 1. The molecule has 0 saturated heterocycles. The molecule has 0 amide bonds. The molecule has 1 N–H and O–H groups in total. The van der Waals surface area contributed by atoms with Crippen molar-refractivity contribution in [2.75, 3.05) is 25.6 Å². The molecule has 0 atom stereocenters. The summed E-state index contributed by atoms with van der Waals surface area (Å²) in [5, 5.41) is -0.0519. The van der Waals surface area contributed by atoms with Gasteiger partial charge < -0.3 is 14.6 Å². The summed E-state index contributed by atoms with van der Waals surface area (Å²) < 4.78 is 4.48. The number of rotatable bonds is 3. The van der Waals surface area contributed by atoms with Gasteiger partial charge in [-0.25, -0.2) is 4.98 Å². The maximum absolute atomic E-state index is 11.1. The van der Waals surface area contributed by atoms with Crippen molar-refractivity contribution in [1.29, 1.82) is 0 Å². The fraction of sp³-hybridized carbons (Fsp3) is 0.375. The molecule has 1 aromatic rings. The van der Waals surface area contributed by atoms with Gasteiger partial charge in [-0.3, -0.25) is 9.59 Å². The van der Waals surface area contributed by atoms with Gasteiger partial charge in [0, 0.05) is 7.05 Å². The molecule has 15 heavy (non-hydrogen) atoms. The third-order valence-electron chi connectivity index (χ3n) is 1.73. The van der Waals surface area contributed by atoms with E-state index in [2.05, 4.69) is 14.7 Å². The quantitative estimate of drug-likeness (QED) is 0.743. The monoisotopic (exact) mass is 231 g/mol. The molecule has 0 bridgehead atoms. The average molecular weight is 232 g/mol. The van der Waals surface area contributed by atoms with E-state index in [4.69, 9.17) is 11.6 Å². The summed E-state index contributed by atoms with van der Waals surface area (Å²) in [5.74, 6) is -0.193. The van der Waals surface area contributed by atoms with Crippen LogP contribution in [0.5, 0.6) is 0 Å². The molecule has 1 heterocycles. The van der Waals surface area contributed by atoms with Crippen molar-refractivity contribution in [2.45, 2.75) is 0 Å². The zero-order valence-corrected chi connectivity index (χ0v) is 9.04. The lowest BCUT2D eigenvalue weighted by Crippen LogP contribution is -2.28. The third-order valence-corrected chi connectivity index (χ3v) is 2.07. The smallest absolute Gasteiger partial charge is 0.325 e. The summed E-state index contributed by atoms with van der Waals surface area (Å²) in [6.07, 6.45) is 1.22. The highest BCUT2D eigenvalue weighted by Gasteiger charge is 2.13. The van der Waals surface area contributed by atoms with Crippen molar-refractivity contribution in [2.24, 2.45) is 0 Å². The summed E-state index contributed by atoms with van der Waals surface area (Å²) in [4.78, 5) is 29.7. The van der Waals surface area contributed by atoms with E-state index >= 15 is 0 Å². The number of hydrogen-bond donors (Lipinski definition) is 1. The molecule has 0 spiro atoms. The van der Waals surface area contributed by atoms with Crippen LogP contribution < -0.4 is 10.5 Å². The Morgan fingerprint density at radius 3 is 3.00 bits per heavy atom.